The average Bonchev–Trinajstić information content (AvgIpc) is 3.06. The first-order chi connectivity index (χ1) is 12.7. The van der Waals surface area contributed by atoms with Gasteiger partial charge in [0.15, 0.2) is 0 Å². The SMILES string of the molecule is O=C(NCC(=O)N1CCN2CCC1CC2)c1ccc(-n2ccnn2)cc1. The normalized spacial score (nSPS) is 22.1. The number of aromatic nitrogens is 3. The molecule has 3 saturated heterocycles. The highest BCUT2D eigenvalue weighted by atomic mass is 16.2. The van der Waals surface area contributed by atoms with Gasteiger partial charge in [0, 0.05) is 37.8 Å². The highest BCUT2D eigenvalue weighted by Crippen LogP contribution is 2.20. The molecular weight excluding hydrogens is 332 g/mol. The van der Waals surface area contributed by atoms with E-state index < -0.39 is 0 Å². The summed E-state index contributed by atoms with van der Waals surface area (Å²) in [5, 5.41) is 10.4. The molecule has 1 aromatic carbocycles. The maximum absolute atomic E-state index is 12.6. The standard InChI is InChI=1S/C18H22N6O2/c25-17(23-12-11-22-8-5-15(23)6-9-22)13-19-18(26)14-1-3-16(4-2-14)24-10-7-20-21-24/h1-4,7,10,15H,5-6,8-9,11-13H2,(H,19,26). The summed E-state index contributed by atoms with van der Waals surface area (Å²) in [5.41, 5.74) is 1.34. The lowest BCUT2D eigenvalue weighted by Crippen LogP contribution is -2.46. The fourth-order valence-electron chi connectivity index (χ4n) is 3.69. The van der Waals surface area contributed by atoms with Gasteiger partial charge in [-0.3, -0.25) is 9.59 Å². The zero-order valence-corrected chi connectivity index (χ0v) is 14.5. The third kappa shape index (κ3) is 3.45. The number of rotatable bonds is 4. The van der Waals surface area contributed by atoms with E-state index in [-0.39, 0.29) is 18.4 Å². The zero-order chi connectivity index (χ0) is 17.9. The number of carbonyl (C=O) groups is 2. The highest BCUT2D eigenvalue weighted by molar-refractivity contribution is 5.96. The minimum absolute atomic E-state index is 0.00587. The van der Waals surface area contributed by atoms with Gasteiger partial charge < -0.3 is 15.1 Å². The van der Waals surface area contributed by atoms with Crippen molar-refractivity contribution in [2.24, 2.45) is 0 Å². The highest BCUT2D eigenvalue weighted by Gasteiger charge is 2.31. The Bertz CT molecular complexity index is 765. The number of hydrogen-bond donors (Lipinski definition) is 1. The summed E-state index contributed by atoms with van der Waals surface area (Å²) in [6, 6.07) is 7.36. The smallest absolute Gasteiger partial charge is 0.251 e. The second-order valence-corrected chi connectivity index (χ2v) is 6.74. The van der Waals surface area contributed by atoms with Gasteiger partial charge in [0.2, 0.25) is 5.91 Å². The minimum Gasteiger partial charge on any atom is -0.343 e. The summed E-state index contributed by atoms with van der Waals surface area (Å²) in [6.07, 6.45) is 5.39. The molecule has 1 N–H and O–H groups in total. The Morgan fingerprint density at radius 3 is 2.54 bits per heavy atom. The summed E-state index contributed by atoms with van der Waals surface area (Å²) in [5.74, 6) is -0.238. The van der Waals surface area contributed by atoms with Crippen LogP contribution in [-0.2, 0) is 4.79 Å². The van der Waals surface area contributed by atoms with Crippen LogP contribution in [0.15, 0.2) is 36.7 Å². The molecule has 0 saturated carbocycles. The molecule has 8 heteroatoms. The molecule has 0 unspecified atom stereocenters. The van der Waals surface area contributed by atoms with Gasteiger partial charge in [0.25, 0.3) is 5.91 Å². The number of piperidine rings is 1. The van der Waals surface area contributed by atoms with E-state index in [0.717, 1.165) is 44.7 Å². The van der Waals surface area contributed by atoms with Gasteiger partial charge in [0.1, 0.15) is 0 Å². The molecule has 8 nitrogen and oxygen atoms in total. The second-order valence-electron chi connectivity index (χ2n) is 6.74. The molecule has 4 heterocycles. The molecule has 136 valence electrons. The van der Waals surface area contributed by atoms with Crippen LogP contribution in [0.5, 0.6) is 0 Å². The lowest BCUT2D eigenvalue weighted by Gasteiger charge is -2.31. The van der Waals surface area contributed by atoms with Gasteiger partial charge in [-0.15, -0.1) is 5.10 Å². The van der Waals surface area contributed by atoms with Crippen molar-refractivity contribution in [1.29, 1.82) is 0 Å². The van der Waals surface area contributed by atoms with E-state index in [2.05, 4.69) is 20.5 Å². The summed E-state index contributed by atoms with van der Waals surface area (Å²) in [4.78, 5) is 29.2. The van der Waals surface area contributed by atoms with E-state index >= 15 is 0 Å². The third-order valence-electron chi connectivity index (χ3n) is 5.19. The number of hydrogen-bond acceptors (Lipinski definition) is 5. The summed E-state index contributed by atoms with van der Waals surface area (Å²) in [7, 11) is 0. The topological polar surface area (TPSA) is 83.4 Å². The molecule has 0 aliphatic carbocycles. The van der Waals surface area contributed by atoms with Gasteiger partial charge in [-0.2, -0.15) is 0 Å². The number of amides is 2. The van der Waals surface area contributed by atoms with Crippen molar-refractivity contribution in [3.05, 3.63) is 42.2 Å². The van der Waals surface area contributed by atoms with E-state index in [1.54, 1.807) is 41.3 Å². The van der Waals surface area contributed by atoms with Crippen LogP contribution in [0.1, 0.15) is 23.2 Å². The fourth-order valence-corrected chi connectivity index (χ4v) is 3.69. The number of nitrogens with zero attached hydrogens (tertiary/aromatic N) is 5. The third-order valence-corrected chi connectivity index (χ3v) is 5.19. The van der Waals surface area contributed by atoms with Gasteiger partial charge in [-0.25, -0.2) is 4.68 Å². The van der Waals surface area contributed by atoms with Gasteiger partial charge in [-0.05, 0) is 37.1 Å². The molecular formula is C18H22N6O2. The van der Waals surface area contributed by atoms with E-state index in [9.17, 15) is 9.59 Å². The van der Waals surface area contributed by atoms with Crippen LogP contribution >= 0.6 is 0 Å². The lowest BCUT2D eigenvalue weighted by molar-refractivity contribution is -0.132. The van der Waals surface area contributed by atoms with Crippen molar-refractivity contribution in [1.82, 2.24) is 30.1 Å². The lowest BCUT2D eigenvalue weighted by atomic mass is 10.1. The minimum atomic E-state index is -0.244. The van der Waals surface area contributed by atoms with Crippen LogP contribution < -0.4 is 5.32 Å². The zero-order valence-electron chi connectivity index (χ0n) is 14.5. The molecule has 1 aromatic heterocycles. The van der Waals surface area contributed by atoms with Crippen LogP contribution in [0.2, 0.25) is 0 Å². The Kier molecular flexibility index (Phi) is 4.66. The first kappa shape index (κ1) is 16.7. The Morgan fingerprint density at radius 1 is 1.08 bits per heavy atom. The Morgan fingerprint density at radius 2 is 1.85 bits per heavy atom. The molecule has 0 spiro atoms. The molecule has 0 atom stereocenters. The molecule has 3 aliphatic heterocycles. The largest absolute Gasteiger partial charge is 0.343 e. The second kappa shape index (κ2) is 7.25. The fraction of sp³-hybridized carbons (Fsp3) is 0.444. The number of nitrogens with one attached hydrogen (secondary N) is 1. The summed E-state index contributed by atoms with van der Waals surface area (Å²) in [6.45, 7) is 3.87. The van der Waals surface area contributed by atoms with Crippen molar-refractivity contribution >= 4 is 11.8 Å². The van der Waals surface area contributed by atoms with Gasteiger partial charge >= 0.3 is 0 Å². The van der Waals surface area contributed by atoms with Crippen LogP contribution in [0.3, 0.4) is 0 Å². The van der Waals surface area contributed by atoms with E-state index in [1.165, 1.54) is 0 Å². The summed E-state index contributed by atoms with van der Waals surface area (Å²) >= 11 is 0. The van der Waals surface area contributed by atoms with Crippen molar-refractivity contribution in [2.45, 2.75) is 18.9 Å². The van der Waals surface area contributed by atoms with E-state index in [0.29, 0.717) is 11.6 Å². The monoisotopic (exact) mass is 354 g/mol. The van der Waals surface area contributed by atoms with E-state index in [1.807, 2.05) is 4.90 Å². The van der Waals surface area contributed by atoms with E-state index in [4.69, 9.17) is 0 Å². The molecule has 0 radical (unpaired) electrons. The van der Waals surface area contributed by atoms with Crippen LogP contribution in [0.25, 0.3) is 5.69 Å². The molecule has 2 amide bonds. The van der Waals surface area contributed by atoms with Crippen LogP contribution in [0.4, 0.5) is 0 Å². The van der Waals surface area contributed by atoms with Crippen LogP contribution in [-0.4, -0.2) is 75.4 Å². The van der Waals surface area contributed by atoms with Crippen molar-refractivity contribution in [2.75, 3.05) is 32.7 Å². The Hall–Kier alpha value is -2.74. The molecule has 26 heavy (non-hydrogen) atoms. The molecule has 3 aliphatic rings. The quantitative estimate of drug-likeness (QED) is 0.854. The van der Waals surface area contributed by atoms with Crippen molar-refractivity contribution < 1.29 is 9.59 Å². The maximum Gasteiger partial charge on any atom is 0.251 e. The molecule has 5 rings (SSSR count). The summed E-state index contributed by atoms with van der Waals surface area (Å²) < 4.78 is 1.62. The van der Waals surface area contributed by atoms with Gasteiger partial charge in [0.05, 0.1) is 24.6 Å². The number of fused-ring (bicyclic) bond motifs is 4. The Balaban J connectivity index is 1.34. The van der Waals surface area contributed by atoms with Crippen molar-refractivity contribution in [3.8, 4) is 5.69 Å². The predicted molar refractivity (Wildman–Crippen MR) is 94.9 cm³/mol. The Labute approximate surface area is 151 Å². The first-order valence-corrected chi connectivity index (χ1v) is 8.97. The molecule has 2 bridgehead atoms. The molecule has 2 aromatic rings. The number of benzene rings is 1. The molecule has 3 fully saturated rings. The predicted octanol–water partition coefficient (Wildman–Crippen LogP) is 0.304. The van der Waals surface area contributed by atoms with Gasteiger partial charge in [-0.1, -0.05) is 5.21 Å². The van der Waals surface area contributed by atoms with Crippen molar-refractivity contribution in [3.63, 3.8) is 0 Å². The average molecular weight is 354 g/mol. The van der Waals surface area contributed by atoms with Crippen LogP contribution in [0, 0.1) is 0 Å². The first-order valence-electron chi connectivity index (χ1n) is 8.97. The maximum atomic E-state index is 12.6. The number of carbonyl (C=O) groups excluding carboxylic acids is 2.